The largest absolute Gasteiger partial charge is 0.412 e. The minimum absolute atomic E-state index is 0.106. The molecule has 0 saturated carbocycles. The van der Waals surface area contributed by atoms with Crippen molar-refractivity contribution in [2.24, 2.45) is 0 Å². The van der Waals surface area contributed by atoms with Crippen LogP contribution in [0.15, 0.2) is 6.20 Å². The van der Waals surface area contributed by atoms with Crippen molar-refractivity contribution in [3.05, 3.63) is 11.1 Å². The van der Waals surface area contributed by atoms with E-state index in [1.807, 2.05) is 6.20 Å². The molecule has 6 heteroatoms. The number of rotatable bonds is 6. The van der Waals surface area contributed by atoms with E-state index in [0.717, 1.165) is 10.0 Å². The van der Waals surface area contributed by atoms with Crippen LogP contribution in [0, 0.1) is 0 Å². The SMILES string of the molecule is CC(=O)CNc1ncc(CO[Si](C)(C)C(C)(C)C)s1. The molecule has 0 aliphatic rings. The lowest BCUT2D eigenvalue weighted by atomic mass is 10.2. The predicted molar refractivity (Wildman–Crippen MR) is 83.3 cm³/mol. The molecular weight excluding hydrogens is 276 g/mol. The van der Waals surface area contributed by atoms with Crippen LogP contribution in [-0.2, 0) is 15.8 Å². The summed E-state index contributed by atoms with van der Waals surface area (Å²) in [5.74, 6) is 0.106. The summed E-state index contributed by atoms with van der Waals surface area (Å²) in [6.07, 6.45) is 1.82. The molecule has 0 aromatic carbocycles. The standard InChI is InChI=1S/C13H24N2O2SSi/c1-10(16)7-14-12-15-8-11(18-12)9-17-19(5,6)13(2,3)4/h8H,7,9H2,1-6H3,(H,14,15). The van der Waals surface area contributed by atoms with Crippen LogP contribution in [0.5, 0.6) is 0 Å². The summed E-state index contributed by atoms with van der Waals surface area (Å²) in [5, 5.41) is 4.00. The third kappa shape index (κ3) is 5.04. The van der Waals surface area contributed by atoms with Gasteiger partial charge in [-0.25, -0.2) is 4.98 Å². The number of carbonyl (C=O) groups is 1. The molecule has 0 saturated heterocycles. The van der Waals surface area contributed by atoms with Crippen molar-refractivity contribution in [1.29, 1.82) is 0 Å². The van der Waals surface area contributed by atoms with Gasteiger partial charge in [-0.15, -0.1) is 0 Å². The number of hydrogen-bond acceptors (Lipinski definition) is 5. The molecule has 19 heavy (non-hydrogen) atoms. The molecule has 108 valence electrons. The lowest BCUT2D eigenvalue weighted by Crippen LogP contribution is -2.40. The number of ketones is 1. The molecule has 1 N–H and O–H groups in total. The van der Waals surface area contributed by atoms with Crippen LogP contribution in [-0.4, -0.2) is 25.6 Å². The fraction of sp³-hybridized carbons (Fsp3) is 0.692. The first-order valence-corrected chi connectivity index (χ1v) is 10.2. The van der Waals surface area contributed by atoms with Gasteiger partial charge in [-0.3, -0.25) is 4.79 Å². The van der Waals surface area contributed by atoms with Crippen LogP contribution in [0.4, 0.5) is 5.13 Å². The average molecular weight is 300 g/mol. The van der Waals surface area contributed by atoms with E-state index in [-0.39, 0.29) is 10.8 Å². The van der Waals surface area contributed by atoms with Gasteiger partial charge in [0, 0.05) is 6.20 Å². The van der Waals surface area contributed by atoms with Crippen molar-refractivity contribution in [1.82, 2.24) is 4.98 Å². The first kappa shape index (κ1) is 16.3. The van der Waals surface area contributed by atoms with E-state index < -0.39 is 8.32 Å². The third-order valence-corrected chi connectivity index (χ3v) is 8.83. The maximum Gasteiger partial charge on any atom is 0.192 e. The zero-order valence-electron chi connectivity index (χ0n) is 12.7. The molecule has 0 aliphatic carbocycles. The van der Waals surface area contributed by atoms with E-state index in [1.165, 1.54) is 0 Å². The zero-order chi connectivity index (χ0) is 14.7. The van der Waals surface area contributed by atoms with Gasteiger partial charge in [0.05, 0.1) is 18.0 Å². The highest BCUT2D eigenvalue weighted by Crippen LogP contribution is 2.37. The Morgan fingerprint density at radius 1 is 1.47 bits per heavy atom. The van der Waals surface area contributed by atoms with Crippen molar-refractivity contribution in [2.75, 3.05) is 11.9 Å². The quantitative estimate of drug-likeness (QED) is 0.815. The van der Waals surface area contributed by atoms with Gasteiger partial charge in [-0.05, 0) is 25.1 Å². The Kier molecular flexibility index (Phi) is 5.29. The van der Waals surface area contributed by atoms with E-state index >= 15 is 0 Å². The van der Waals surface area contributed by atoms with Crippen molar-refractivity contribution in [2.45, 2.75) is 52.4 Å². The second kappa shape index (κ2) is 6.15. The van der Waals surface area contributed by atoms with Gasteiger partial charge in [-0.1, -0.05) is 32.1 Å². The summed E-state index contributed by atoms with van der Waals surface area (Å²) in [5.41, 5.74) is 0. The maximum absolute atomic E-state index is 10.9. The summed E-state index contributed by atoms with van der Waals surface area (Å²) < 4.78 is 6.13. The summed E-state index contributed by atoms with van der Waals surface area (Å²) >= 11 is 1.55. The fourth-order valence-corrected chi connectivity index (χ4v) is 2.90. The van der Waals surface area contributed by atoms with Crippen LogP contribution >= 0.6 is 11.3 Å². The highest BCUT2D eigenvalue weighted by atomic mass is 32.1. The van der Waals surface area contributed by atoms with Gasteiger partial charge in [0.1, 0.15) is 5.78 Å². The summed E-state index contributed by atoms with van der Waals surface area (Å²) in [4.78, 5) is 16.2. The number of Topliss-reactive ketones (excluding diaryl/α,β-unsaturated/α-hetero) is 1. The van der Waals surface area contributed by atoms with Gasteiger partial charge in [-0.2, -0.15) is 0 Å². The molecule has 0 fully saturated rings. The van der Waals surface area contributed by atoms with Crippen LogP contribution < -0.4 is 5.32 Å². The third-order valence-electron chi connectivity index (χ3n) is 3.42. The van der Waals surface area contributed by atoms with E-state index in [2.05, 4.69) is 44.2 Å². The molecule has 0 radical (unpaired) electrons. The normalized spacial score (nSPS) is 12.5. The molecule has 1 aromatic rings. The van der Waals surface area contributed by atoms with E-state index in [1.54, 1.807) is 18.3 Å². The highest BCUT2D eigenvalue weighted by molar-refractivity contribution is 7.15. The molecule has 0 amide bonds. The van der Waals surface area contributed by atoms with Gasteiger partial charge in [0.2, 0.25) is 0 Å². The second-order valence-electron chi connectivity index (χ2n) is 6.24. The van der Waals surface area contributed by atoms with Crippen molar-refractivity contribution in [3.8, 4) is 0 Å². The molecule has 4 nitrogen and oxygen atoms in total. The van der Waals surface area contributed by atoms with Gasteiger partial charge in [0.25, 0.3) is 0 Å². The Morgan fingerprint density at radius 3 is 2.63 bits per heavy atom. The topological polar surface area (TPSA) is 51.2 Å². The van der Waals surface area contributed by atoms with Crippen LogP contribution in [0.3, 0.4) is 0 Å². The Morgan fingerprint density at radius 2 is 2.11 bits per heavy atom. The minimum Gasteiger partial charge on any atom is -0.412 e. The fourth-order valence-electron chi connectivity index (χ4n) is 1.12. The van der Waals surface area contributed by atoms with Crippen molar-refractivity contribution < 1.29 is 9.22 Å². The Bertz CT molecular complexity index is 438. The van der Waals surface area contributed by atoms with Crippen LogP contribution in [0.2, 0.25) is 18.1 Å². The highest BCUT2D eigenvalue weighted by Gasteiger charge is 2.37. The van der Waals surface area contributed by atoms with Gasteiger partial charge < -0.3 is 9.74 Å². The lowest BCUT2D eigenvalue weighted by molar-refractivity contribution is -0.115. The lowest BCUT2D eigenvalue weighted by Gasteiger charge is -2.35. The number of carbonyl (C=O) groups excluding carboxylic acids is 1. The number of hydrogen-bond donors (Lipinski definition) is 1. The van der Waals surface area contributed by atoms with Gasteiger partial charge >= 0.3 is 0 Å². The van der Waals surface area contributed by atoms with Crippen LogP contribution in [0.25, 0.3) is 0 Å². The first-order valence-electron chi connectivity index (χ1n) is 6.44. The Balaban J connectivity index is 2.53. The smallest absolute Gasteiger partial charge is 0.192 e. The molecule has 0 aliphatic heterocycles. The zero-order valence-corrected chi connectivity index (χ0v) is 14.5. The van der Waals surface area contributed by atoms with Crippen molar-refractivity contribution >= 4 is 30.6 Å². The van der Waals surface area contributed by atoms with Gasteiger partial charge in [0.15, 0.2) is 13.4 Å². The molecule has 1 rings (SSSR count). The van der Waals surface area contributed by atoms with Crippen molar-refractivity contribution in [3.63, 3.8) is 0 Å². The monoisotopic (exact) mass is 300 g/mol. The molecular formula is C13H24N2O2SSi. The number of thiazole rings is 1. The maximum atomic E-state index is 10.9. The molecule has 0 atom stereocenters. The molecule has 0 spiro atoms. The number of aromatic nitrogens is 1. The Hall–Kier alpha value is -0.723. The molecule has 1 heterocycles. The first-order chi connectivity index (χ1) is 8.62. The number of nitrogens with one attached hydrogen (secondary N) is 1. The number of nitrogens with zero attached hydrogens (tertiary/aromatic N) is 1. The minimum atomic E-state index is -1.71. The number of anilines is 1. The summed E-state index contributed by atoms with van der Waals surface area (Å²) in [6, 6.07) is 0. The van der Waals surface area contributed by atoms with Crippen LogP contribution in [0.1, 0.15) is 32.6 Å². The summed E-state index contributed by atoms with van der Waals surface area (Å²) in [6.45, 7) is 13.7. The average Bonchev–Trinajstić information content (AvgIpc) is 2.70. The van der Waals surface area contributed by atoms with E-state index in [4.69, 9.17) is 4.43 Å². The predicted octanol–water partition coefficient (Wildman–Crippen LogP) is 3.67. The second-order valence-corrected chi connectivity index (χ2v) is 12.2. The Labute approximate surface area is 120 Å². The molecule has 0 unspecified atom stereocenters. The van der Waals surface area contributed by atoms with E-state index in [0.29, 0.717) is 13.2 Å². The summed E-state index contributed by atoms with van der Waals surface area (Å²) in [7, 11) is -1.71. The molecule has 1 aromatic heterocycles. The van der Waals surface area contributed by atoms with E-state index in [9.17, 15) is 4.79 Å². The molecule has 0 bridgehead atoms.